The second-order valence-electron chi connectivity index (χ2n) is 5.89. The molecular weight excluding hydrogens is 250 g/mol. The van der Waals surface area contributed by atoms with E-state index in [1.54, 1.807) is 0 Å². The Bertz CT molecular complexity index is 473. The largest absolute Gasteiger partial charge is 0.349 e. The maximum absolute atomic E-state index is 12.5. The highest BCUT2D eigenvalue weighted by atomic mass is 16.1. The first-order valence-electron chi connectivity index (χ1n) is 7.50. The van der Waals surface area contributed by atoms with Crippen LogP contribution in [-0.4, -0.2) is 11.9 Å². The molecule has 4 nitrogen and oxygen atoms in total. The van der Waals surface area contributed by atoms with Gasteiger partial charge in [-0.2, -0.15) is 0 Å². The first kappa shape index (κ1) is 14.9. The van der Waals surface area contributed by atoms with Crippen molar-refractivity contribution >= 4 is 11.6 Å². The molecule has 4 N–H and O–H groups in total. The number of aryl methyl sites for hydroxylation is 1. The summed E-state index contributed by atoms with van der Waals surface area (Å²) in [6.07, 6.45) is 6.01. The lowest BCUT2D eigenvalue weighted by molar-refractivity contribution is 0.0922. The molecule has 2 unspecified atom stereocenters. The van der Waals surface area contributed by atoms with E-state index in [0.717, 1.165) is 12.0 Å². The summed E-state index contributed by atoms with van der Waals surface area (Å²) in [6, 6.07) is 5.95. The van der Waals surface area contributed by atoms with Crippen LogP contribution in [0.15, 0.2) is 18.2 Å². The first-order chi connectivity index (χ1) is 9.61. The SMILES string of the molecule is Cc1ccc(NN)c(C(=O)NC2CCCCCC2C)c1. The van der Waals surface area contributed by atoms with Crippen LogP contribution < -0.4 is 16.6 Å². The van der Waals surface area contributed by atoms with Crippen LogP contribution in [-0.2, 0) is 0 Å². The van der Waals surface area contributed by atoms with Gasteiger partial charge in [0.05, 0.1) is 11.3 Å². The average Bonchev–Trinajstić information content (AvgIpc) is 2.64. The summed E-state index contributed by atoms with van der Waals surface area (Å²) in [5.74, 6) is 6.01. The number of nitrogens with one attached hydrogen (secondary N) is 2. The molecule has 1 aromatic carbocycles. The molecule has 0 spiro atoms. The van der Waals surface area contributed by atoms with Gasteiger partial charge in [0.1, 0.15) is 0 Å². The number of anilines is 1. The predicted molar refractivity (Wildman–Crippen MR) is 82.5 cm³/mol. The molecule has 2 rings (SSSR count). The second-order valence-corrected chi connectivity index (χ2v) is 5.89. The van der Waals surface area contributed by atoms with Gasteiger partial charge in [-0.1, -0.05) is 37.8 Å². The van der Waals surface area contributed by atoms with Crippen molar-refractivity contribution in [3.05, 3.63) is 29.3 Å². The number of benzene rings is 1. The van der Waals surface area contributed by atoms with Gasteiger partial charge in [-0.25, -0.2) is 0 Å². The zero-order valence-electron chi connectivity index (χ0n) is 12.4. The molecule has 20 heavy (non-hydrogen) atoms. The van der Waals surface area contributed by atoms with Crippen molar-refractivity contribution in [3.8, 4) is 0 Å². The Hall–Kier alpha value is -1.55. The molecule has 1 aliphatic rings. The molecule has 0 bridgehead atoms. The zero-order chi connectivity index (χ0) is 14.5. The standard InChI is InChI=1S/C16H25N3O/c1-11-8-9-15(19-17)13(10-11)16(20)18-14-7-5-3-4-6-12(14)2/h8-10,12,14,19H,3-7,17H2,1-2H3,(H,18,20). The Morgan fingerprint density at radius 3 is 2.75 bits per heavy atom. The Morgan fingerprint density at radius 1 is 1.25 bits per heavy atom. The summed E-state index contributed by atoms with van der Waals surface area (Å²) in [6.45, 7) is 4.21. The van der Waals surface area contributed by atoms with E-state index in [0.29, 0.717) is 17.2 Å². The van der Waals surface area contributed by atoms with Crippen LogP contribution in [0.25, 0.3) is 0 Å². The van der Waals surface area contributed by atoms with Crippen molar-refractivity contribution in [1.82, 2.24) is 5.32 Å². The minimum absolute atomic E-state index is 0.0274. The molecule has 0 aliphatic heterocycles. The van der Waals surface area contributed by atoms with Gasteiger partial charge < -0.3 is 10.7 Å². The van der Waals surface area contributed by atoms with Crippen molar-refractivity contribution in [1.29, 1.82) is 0 Å². The van der Waals surface area contributed by atoms with Crippen molar-refractivity contribution in [3.63, 3.8) is 0 Å². The van der Waals surface area contributed by atoms with Crippen LogP contribution in [0, 0.1) is 12.8 Å². The average molecular weight is 275 g/mol. The number of hydrogen-bond acceptors (Lipinski definition) is 3. The van der Waals surface area contributed by atoms with Gasteiger partial charge in [0.2, 0.25) is 0 Å². The van der Waals surface area contributed by atoms with E-state index in [2.05, 4.69) is 17.7 Å². The number of hydrazine groups is 1. The molecule has 0 heterocycles. The number of nitrogens with two attached hydrogens (primary N) is 1. The fourth-order valence-electron chi connectivity index (χ4n) is 2.93. The third-order valence-corrected chi connectivity index (χ3v) is 4.25. The van der Waals surface area contributed by atoms with E-state index in [1.165, 1.54) is 25.7 Å². The van der Waals surface area contributed by atoms with E-state index in [-0.39, 0.29) is 11.9 Å². The van der Waals surface area contributed by atoms with Crippen molar-refractivity contribution in [2.45, 2.75) is 52.0 Å². The lowest BCUT2D eigenvalue weighted by Gasteiger charge is -2.23. The van der Waals surface area contributed by atoms with Gasteiger partial charge in [-0.3, -0.25) is 10.6 Å². The van der Waals surface area contributed by atoms with Gasteiger partial charge in [0, 0.05) is 6.04 Å². The highest BCUT2D eigenvalue weighted by molar-refractivity contribution is 5.99. The molecule has 1 aliphatic carbocycles. The Morgan fingerprint density at radius 2 is 2.00 bits per heavy atom. The summed E-state index contributed by atoms with van der Waals surface area (Å²) in [4.78, 5) is 12.5. The molecule has 1 aromatic rings. The van der Waals surface area contributed by atoms with Crippen LogP contribution in [0.3, 0.4) is 0 Å². The molecule has 1 saturated carbocycles. The van der Waals surface area contributed by atoms with Crippen LogP contribution >= 0.6 is 0 Å². The Labute approximate surface area is 121 Å². The van der Waals surface area contributed by atoms with Crippen LogP contribution in [0.1, 0.15) is 54.9 Å². The summed E-state index contributed by atoms with van der Waals surface area (Å²) in [5, 5.41) is 3.19. The summed E-state index contributed by atoms with van der Waals surface area (Å²) in [7, 11) is 0. The van der Waals surface area contributed by atoms with Gasteiger partial charge in [-0.05, 0) is 37.8 Å². The summed E-state index contributed by atoms with van der Waals surface area (Å²) >= 11 is 0. The maximum atomic E-state index is 12.5. The predicted octanol–water partition coefficient (Wildman–Crippen LogP) is 2.98. The summed E-state index contributed by atoms with van der Waals surface area (Å²) < 4.78 is 0. The topological polar surface area (TPSA) is 67.1 Å². The highest BCUT2D eigenvalue weighted by Gasteiger charge is 2.23. The Kier molecular flexibility index (Phi) is 5.01. The second kappa shape index (κ2) is 6.75. The smallest absolute Gasteiger partial charge is 0.253 e. The number of amides is 1. The molecule has 1 amide bonds. The number of nitrogen functional groups attached to an aromatic ring is 1. The van der Waals surface area contributed by atoms with E-state index in [4.69, 9.17) is 5.84 Å². The molecule has 0 saturated heterocycles. The number of carbonyl (C=O) groups is 1. The van der Waals surface area contributed by atoms with E-state index >= 15 is 0 Å². The van der Waals surface area contributed by atoms with Crippen LogP contribution in [0.2, 0.25) is 0 Å². The third-order valence-electron chi connectivity index (χ3n) is 4.25. The number of hydrogen-bond donors (Lipinski definition) is 3. The van der Waals surface area contributed by atoms with Gasteiger partial charge in [-0.15, -0.1) is 0 Å². The van der Waals surface area contributed by atoms with Gasteiger partial charge >= 0.3 is 0 Å². The van der Waals surface area contributed by atoms with E-state index in [1.807, 2.05) is 25.1 Å². The lowest BCUT2D eigenvalue weighted by atomic mass is 9.96. The monoisotopic (exact) mass is 275 g/mol. The molecule has 2 atom stereocenters. The normalized spacial score (nSPS) is 22.9. The fraction of sp³-hybridized carbons (Fsp3) is 0.562. The summed E-state index contributed by atoms with van der Waals surface area (Å²) in [5.41, 5.74) is 4.97. The highest BCUT2D eigenvalue weighted by Crippen LogP contribution is 2.24. The Balaban J connectivity index is 2.12. The molecule has 1 fully saturated rings. The molecular formula is C16H25N3O. The molecule has 0 radical (unpaired) electrons. The van der Waals surface area contributed by atoms with E-state index < -0.39 is 0 Å². The molecule has 110 valence electrons. The zero-order valence-corrected chi connectivity index (χ0v) is 12.4. The fourth-order valence-corrected chi connectivity index (χ4v) is 2.93. The molecule has 0 aromatic heterocycles. The molecule has 4 heteroatoms. The van der Waals surface area contributed by atoms with Crippen molar-refractivity contribution < 1.29 is 4.79 Å². The number of carbonyl (C=O) groups excluding carboxylic acids is 1. The minimum Gasteiger partial charge on any atom is -0.349 e. The number of rotatable bonds is 3. The van der Waals surface area contributed by atoms with Crippen molar-refractivity contribution in [2.24, 2.45) is 11.8 Å². The van der Waals surface area contributed by atoms with Gasteiger partial charge in [0.25, 0.3) is 5.91 Å². The first-order valence-corrected chi connectivity index (χ1v) is 7.50. The maximum Gasteiger partial charge on any atom is 0.253 e. The van der Waals surface area contributed by atoms with Crippen LogP contribution in [0.4, 0.5) is 5.69 Å². The van der Waals surface area contributed by atoms with Crippen molar-refractivity contribution in [2.75, 3.05) is 5.43 Å². The van der Waals surface area contributed by atoms with E-state index in [9.17, 15) is 4.79 Å². The minimum atomic E-state index is -0.0274. The van der Waals surface area contributed by atoms with Gasteiger partial charge in [0.15, 0.2) is 0 Å². The quantitative estimate of drug-likeness (QED) is 0.451. The lowest BCUT2D eigenvalue weighted by Crippen LogP contribution is -2.39. The third kappa shape index (κ3) is 3.51. The van der Waals surface area contributed by atoms with Crippen LogP contribution in [0.5, 0.6) is 0 Å².